The summed E-state index contributed by atoms with van der Waals surface area (Å²) in [7, 11) is 0. The summed E-state index contributed by atoms with van der Waals surface area (Å²) >= 11 is 0. The molecule has 0 aromatic rings. The predicted molar refractivity (Wildman–Crippen MR) is 53.6 cm³/mol. The van der Waals surface area contributed by atoms with E-state index in [1.807, 2.05) is 0 Å². The van der Waals surface area contributed by atoms with Gasteiger partial charge in [0.2, 0.25) is 0 Å². The van der Waals surface area contributed by atoms with Crippen molar-refractivity contribution >= 4 is 0 Å². The summed E-state index contributed by atoms with van der Waals surface area (Å²) in [5, 5.41) is 13.5. The van der Waals surface area contributed by atoms with Crippen LogP contribution < -0.4 is 5.32 Å². The Hall–Kier alpha value is -0.0800. The van der Waals surface area contributed by atoms with Crippen LogP contribution in [0.5, 0.6) is 0 Å². The average Bonchev–Trinajstić information content (AvgIpc) is 2.46. The number of hydrogen-bond donors (Lipinski definition) is 2. The van der Waals surface area contributed by atoms with Crippen LogP contribution in [0.3, 0.4) is 0 Å². The van der Waals surface area contributed by atoms with Crippen molar-refractivity contribution in [3.8, 4) is 0 Å². The van der Waals surface area contributed by atoms with Crippen molar-refractivity contribution in [1.82, 2.24) is 5.32 Å². The van der Waals surface area contributed by atoms with Gasteiger partial charge in [-0.3, -0.25) is 0 Å². The second-order valence-corrected chi connectivity index (χ2v) is 4.73. The van der Waals surface area contributed by atoms with E-state index in [-0.39, 0.29) is 6.10 Å². The van der Waals surface area contributed by atoms with E-state index in [0.29, 0.717) is 5.92 Å². The summed E-state index contributed by atoms with van der Waals surface area (Å²) < 4.78 is 0. The number of piperidine rings is 1. The van der Waals surface area contributed by atoms with Gasteiger partial charge in [-0.25, -0.2) is 0 Å². The minimum absolute atomic E-state index is 0.0322. The van der Waals surface area contributed by atoms with Gasteiger partial charge < -0.3 is 10.4 Å². The van der Waals surface area contributed by atoms with Gasteiger partial charge in [-0.15, -0.1) is 0 Å². The first-order chi connectivity index (χ1) is 6.29. The molecule has 2 heteroatoms. The molecule has 2 fully saturated rings. The fourth-order valence-corrected chi connectivity index (χ4v) is 2.95. The van der Waals surface area contributed by atoms with Crippen LogP contribution in [-0.4, -0.2) is 23.3 Å². The molecule has 2 aliphatic rings. The van der Waals surface area contributed by atoms with E-state index < -0.39 is 0 Å². The summed E-state index contributed by atoms with van der Waals surface area (Å²) in [5.74, 6) is 0.582. The largest absolute Gasteiger partial charge is 0.393 e. The third kappa shape index (κ3) is 2.05. The number of aliphatic hydroxyl groups is 1. The molecule has 0 aromatic carbocycles. The maximum Gasteiger partial charge on any atom is 0.0569 e. The van der Waals surface area contributed by atoms with Crippen LogP contribution in [0.15, 0.2) is 0 Å². The lowest BCUT2D eigenvalue weighted by Crippen LogP contribution is -2.41. The molecule has 0 saturated carbocycles. The minimum Gasteiger partial charge on any atom is -0.393 e. The second kappa shape index (κ2) is 3.97. The van der Waals surface area contributed by atoms with Crippen LogP contribution in [0.25, 0.3) is 0 Å². The van der Waals surface area contributed by atoms with Crippen LogP contribution in [0.1, 0.15) is 45.4 Å². The maximum atomic E-state index is 9.91. The van der Waals surface area contributed by atoms with Gasteiger partial charge in [0, 0.05) is 12.1 Å². The Morgan fingerprint density at radius 2 is 1.92 bits per heavy atom. The lowest BCUT2D eigenvalue weighted by atomic mass is 9.86. The zero-order valence-electron chi connectivity index (χ0n) is 8.50. The molecular weight excluding hydrogens is 162 g/mol. The van der Waals surface area contributed by atoms with E-state index in [4.69, 9.17) is 0 Å². The molecule has 2 saturated heterocycles. The van der Waals surface area contributed by atoms with Gasteiger partial charge in [0.25, 0.3) is 0 Å². The molecule has 13 heavy (non-hydrogen) atoms. The Labute approximate surface area is 80.7 Å². The molecule has 2 aliphatic heterocycles. The minimum atomic E-state index is -0.0322. The van der Waals surface area contributed by atoms with Crippen molar-refractivity contribution in [2.75, 3.05) is 0 Å². The summed E-state index contributed by atoms with van der Waals surface area (Å²) in [4.78, 5) is 0. The number of hydrogen-bond acceptors (Lipinski definition) is 2. The highest BCUT2D eigenvalue weighted by Crippen LogP contribution is 2.33. The number of fused-ring (bicyclic) bond motifs is 2. The van der Waals surface area contributed by atoms with Gasteiger partial charge in [-0.1, -0.05) is 13.3 Å². The van der Waals surface area contributed by atoms with Gasteiger partial charge in [-0.05, 0) is 38.0 Å². The topological polar surface area (TPSA) is 32.3 Å². The molecule has 2 rings (SSSR count). The van der Waals surface area contributed by atoms with Crippen molar-refractivity contribution < 1.29 is 5.11 Å². The Kier molecular flexibility index (Phi) is 2.89. The van der Waals surface area contributed by atoms with Gasteiger partial charge in [0.15, 0.2) is 0 Å². The molecule has 0 amide bonds. The fourth-order valence-electron chi connectivity index (χ4n) is 2.95. The highest BCUT2D eigenvalue weighted by Gasteiger charge is 2.35. The van der Waals surface area contributed by atoms with E-state index >= 15 is 0 Å². The summed E-state index contributed by atoms with van der Waals surface area (Å²) in [6, 6.07) is 1.44. The quantitative estimate of drug-likeness (QED) is 0.697. The molecule has 2 N–H and O–H groups in total. The van der Waals surface area contributed by atoms with E-state index in [1.54, 1.807) is 0 Å². The molecule has 2 bridgehead atoms. The lowest BCUT2D eigenvalue weighted by molar-refractivity contribution is 0.0686. The van der Waals surface area contributed by atoms with Crippen LogP contribution in [0, 0.1) is 5.92 Å². The summed E-state index contributed by atoms with van der Waals surface area (Å²) in [6.07, 6.45) is 7.15. The monoisotopic (exact) mass is 183 g/mol. The molecule has 2 heterocycles. The van der Waals surface area contributed by atoms with E-state index in [0.717, 1.165) is 24.9 Å². The lowest BCUT2D eigenvalue weighted by Gasteiger charge is -2.32. The summed E-state index contributed by atoms with van der Waals surface area (Å²) in [6.45, 7) is 2.15. The van der Waals surface area contributed by atoms with Gasteiger partial charge in [0.1, 0.15) is 0 Å². The first-order valence-electron chi connectivity index (χ1n) is 5.73. The van der Waals surface area contributed by atoms with Crippen molar-refractivity contribution in [3.05, 3.63) is 0 Å². The molecule has 2 nitrogen and oxygen atoms in total. The Morgan fingerprint density at radius 3 is 2.46 bits per heavy atom. The van der Waals surface area contributed by atoms with Crippen LogP contribution in [0.4, 0.5) is 0 Å². The fraction of sp³-hybridized carbons (Fsp3) is 1.00. The van der Waals surface area contributed by atoms with Gasteiger partial charge in [-0.2, -0.15) is 0 Å². The standard InChI is InChI=1S/C11H21NO/c1-2-3-11(13)8-6-9-4-5-10(7-8)12-9/h8-13H,2-7H2,1H3. The normalized spacial score (nSPS) is 40.6. The highest BCUT2D eigenvalue weighted by molar-refractivity contribution is 4.93. The maximum absolute atomic E-state index is 9.91. The van der Waals surface area contributed by atoms with Crippen LogP contribution in [0.2, 0.25) is 0 Å². The molecule has 3 unspecified atom stereocenters. The average molecular weight is 183 g/mol. The first kappa shape index (κ1) is 9.47. The Bertz CT molecular complexity index is 159. The van der Waals surface area contributed by atoms with Crippen LogP contribution >= 0.6 is 0 Å². The number of aliphatic hydroxyl groups excluding tert-OH is 1. The van der Waals surface area contributed by atoms with Crippen molar-refractivity contribution in [2.45, 2.75) is 63.6 Å². The number of rotatable bonds is 3. The highest BCUT2D eigenvalue weighted by atomic mass is 16.3. The SMILES string of the molecule is CCCC(O)C1CC2CCC(C1)N2. The Morgan fingerprint density at radius 1 is 1.31 bits per heavy atom. The molecular formula is C11H21NO. The second-order valence-electron chi connectivity index (χ2n) is 4.73. The molecule has 0 spiro atoms. The van der Waals surface area contributed by atoms with Crippen molar-refractivity contribution in [3.63, 3.8) is 0 Å². The smallest absolute Gasteiger partial charge is 0.0569 e. The van der Waals surface area contributed by atoms with Crippen molar-refractivity contribution in [1.29, 1.82) is 0 Å². The molecule has 0 radical (unpaired) electrons. The Balaban J connectivity index is 1.87. The zero-order valence-corrected chi connectivity index (χ0v) is 8.50. The van der Waals surface area contributed by atoms with Crippen LogP contribution in [-0.2, 0) is 0 Å². The molecule has 3 atom stereocenters. The van der Waals surface area contributed by atoms with E-state index in [2.05, 4.69) is 12.2 Å². The zero-order chi connectivity index (χ0) is 9.26. The molecule has 76 valence electrons. The van der Waals surface area contributed by atoms with Gasteiger partial charge >= 0.3 is 0 Å². The van der Waals surface area contributed by atoms with E-state index in [9.17, 15) is 5.11 Å². The van der Waals surface area contributed by atoms with Gasteiger partial charge in [0.05, 0.1) is 6.10 Å². The van der Waals surface area contributed by atoms with Crippen molar-refractivity contribution in [2.24, 2.45) is 5.92 Å². The van der Waals surface area contributed by atoms with E-state index in [1.165, 1.54) is 25.7 Å². The molecule has 0 aliphatic carbocycles. The molecule has 0 aromatic heterocycles. The predicted octanol–water partition coefficient (Wildman–Crippen LogP) is 1.68. The third-order valence-corrected chi connectivity index (χ3v) is 3.64. The third-order valence-electron chi connectivity index (χ3n) is 3.64. The first-order valence-corrected chi connectivity index (χ1v) is 5.73. The number of nitrogens with one attached hydrogen (secondary N) is 1. The summed E-state index contributed by atoms with van der Waals surface area (Å²) in [5.41, 5.74) is 0.